The van der Waals surface area contributed by atoms with E-state index in [-0.39, 0.29) is 0 Å². The van der Waals surface area contributed by atoms with Crippen LogP contribution in [0.3, 0.4) is 0 Å². The van der Waals surface area contributed by atoms with Gasteiger partial charge in [0.05, 0.1) is 22.1 Å². The monoisotopic (exact) mass is 828 g/mol. The molecule has 3 nitrogen and oxygen atoms in total. The summed E-state index contributed by atoms with van der Waals surface area (Å²) in [5.41, 5.74) is 15.6. The van der Waals surface area contributed by atoms with E-state index < -0.39 is 0 Å². The highest BCUT2D eigenvalue weighted by atomic mass is 16.3. The second kappa shape index (κ2) is 15.0. The standard InChI is InChI=1S/C62H40N2O/c1-3-15-42(16-4-1)51-26-14-18-43-29-30-45(38-55(43)51)41-31-34-49(35-32-41)63(59-40-47-17-7-8-23-52(47)62-61(59)54-25-10-12-28-60(54)65-62)50-22-13-19-44(37-50)46-33-36-58-56(39-46)53-24-9-11-27-57(53)64(58)48-20-5-2-6-21-48/h1-40H. The molecule has 2 heterocycles. The minimum absolute atomic E-state index is 0.873. The third-order valence-corrected chi connectivity index (χ3v) is 13.1. The number of rotatable bonds is 7. The van der Waals surface area contributed by atoms with E-state index in [0.29, 0.717) is 0 Å². The number of anilines is 3. The summed E-state index contributed by atoms with van der Waals surface area (Å²) in [5, 5.41) is 9.33. The van der Waals surface area contributed by atoms with Gasteiger partial charge in [0.15, 0.2) is 0 Å². The van der Waals surface area contributed by atoms with E-state index in [1.807, 2.05) is 0 Å². The van der Waals surface area contributed by atoms with Crippen LogP contribution in [0.4, 0.5) is 17.1 Å². The number of aromatic nitrogens is 1. The lowest BCUT2D eigenvalue weighted by Crippen LogP contribution is -2.10. The fourth-order valence-electron chi connectivity index (χ4n) is 10.1. The Morgan fingerprint density at radius 3 is 1.82 bits per heavy atom. The summed E-state index contributed by atoms with van der Waals surface area (Å²) in [7, 11) is 0. The van der Waals surface area contributed by atoms with E-state index in [2.05, 4.69) is 252 Å². The SMILES string of the molecule is c1ccc(-c2cccc3ccc(-c4ccc(N(c5cccc(-c6ccc7c(c6)c6ccccc6n7-c6ccccc6)c5)c5cc6ccccc6c6oc7ccccc7c56)cc4)cc23)cc1. The van der Waals surface area contributed by atoms with Gasteiger partial charge in [-0.1, -0.05) is 170 Å². The van der Waals surface area contributed by atoms with E-state index >= 15 is 0 Å². The van der Waals surface area contributed by atoms with Crippen molar-refractivity contribution in [2.24, 2.45) is 0 Å². The van der Waals surface area contributed by atoms with Crippen molar-refractivity contribution in [1.82, 2.24) is 4.57 Å². The molecule has 304 valence electrons. The summed E-state index contributed by atoms with van der Waals surface area (Å²) in [6.07, 6.45) is 0. The van der Waals surface area contributed by atoms with Gasteiger partial charge in [0.1, 0.15) is 11.2 Å². The number of hydrogen-bond donors (Lipinski definition) is 0. The molecule has 2 aromatic heterocycles. The van der Waals surface area contributed by atoms with Crippen molar-refractivity contribution in [1.29, 1.82) is 0 Å². The molecular formula is C62H40N2O. The van der Waals surface area contributed by atoms with E-state index in [1.165, 1.54) is 49.3 Å². The van der Waals surface area contributed by atoms with Crippen LogP contribution in [0, 0.1) is 0 Å². The molecule has 0 aliphatic heterocycles. The molecule has 65 heavy (non-hydrogen) atoms. The predicted octanol–water partition coefficient (Wildman–Crippen LogP) is 17.5. The number of para-hydroxylation sites is 3. The van der Waals surface area contributed by atoms with Gasteiger partial charge in [0.2, 0.25) is 0 Å². The van der Waals surface area contributed by atoms with Gasteiger partial charge in [-0.15, -0.1) is 0 Å². The van der Waals surface area contributed by atoms with Crippen LogP contribution in [0.25, 0.3) is 104 Å². The molecular weight excluding hydrogens is 789 g/mol. The van der Waals surface area contributed by atoms with Crippen LogP contribution in [0.15, 0.2) is 247 Å². The fraction of sp³-hybridized carbons (Fsp3) is 0. The van der Waals surface area contributed by atoms with Crippen molar-refractivity contribution < 1.29 is 4.42 Å². The highest BCUT2D eigenvalue weighted by molar-refractivity contribution is 6.22. The van der Waals surface area contributed by atoms with Crippen molar-refractivity contribution in [2.45, 2.75) is 0 Å². The maximum atomic E-state index is 6.76. The normalized spacial score (nSPS) is 11.7. The number of furan rings is 1. The molecule has 0 saturated carbocycles. The average molecular weight is 829 g/mol. The van der Waals surface area contributed by atoms with Gasteiger partial charge in [-0.25, -0.2) is 0 Å². The number of fused-ring (bicyclic) bond motifs is 9. The maximum absolute atomic E-state index is 6.76. The quantitative estimate of drug-likeness (QED) is 0.160. The van der Waals surface area contributed by atoms with Crippen LogP contribution in [0.1, 0.15) is 0 Å². The van der Waals surface area contributed by atoms with Gasteiger partial charge in [-0.2, -0.15) is 0 Å². The highest BCUT2D eigenvalue weighted by Gasteiger charge is 2.23. The van der Waals surface area contributed by atoms with Gasteiger partial charge >= 0.3 is 0 Å². The van der Waals surface area contributed by atoms with Gasteiger partial charge in [-0.3, -0.25) is 0 Å². The lowest BCUT2D eigenvalue weighted by atomic mass is 9.94. The molecule has 0 amide bonds. The van der Waals surface area contributed by atoms with Crippen LogP contribution in [-0.4, -0.2) is 4.57 Å². The molecule has 0 aliphatic carbocycles. The second-order valence-corrected chi connectivity index (χ2v) is 16.9. The summed E-state index contributed by atoms with van der Waals surface area (Å²) in [6, 6.07) is 87.7. The van der Waals surface area contributed by atoms with Gasteiger partial charge < -0.3 is 13.9 Å². The minimum atomic E-state index is 0.873. The smallest absolute Gasteiger partial charge is 0.145 e. The summed E-state index contributed by atoms with van der Waals surface area (Å²) in [4.78, 5) is 2.41. The Kier molecular flexibility index (Phi) is 8.53. The zero-order valence-corrected chi connectivity index (χ0v) is 35.4. The third kappa shape index (κ3) is 6.12. The Labute approximate surface area is 376 Å². The summed E-state index contributed by atoms with van der Waals surface area (Å²) in [6.45, 7) is 0. The van der Waals surface area contributed by atoms with E-state index in [0.717, 1.165) is 72.2 Å². The first-order valence-corrected chi connectivity index (χ1v) is 22.2. The Morgan fingerprint density at radius 2 is 0.954 bits per heavy atom. The van der Waals surface area contributed by atoms with Crippen LogP contribution in [0.2, 0.25) is 0 Å². The number of hydrogen-bond acceptors (Lipinski definition) is 2. The number of nitrogens with zero attached hydrogens (tertiary/aromatic N) is 2. The number of benzene rings is 11. The lowest BCUT2D eigenvalue weighted by molar-refractivity contribution is 0.672. The lowest BCUT2D eigenvalue weighted by Gasteiger charge is -2.27. The van der Waals surface area contributed by atoms with Gasteiger partial charge in [0.25, 0.3) is 0 Å². The molecule has 0 fully saturated rings. The van der Waals surface area contributed by atoms with Crippen molar-refractivity contribution in [3.05, 3.63) is 243 Å². The molecule has 0 N–H and O–H groups in total. The zero-order valence-electron chi connectivity index (χ0n) is 35.4. The Morgan fingerprint density at radius 1 is 0.338 bits per heavy atom. The first-order valence-electron chi connectivity index (χ1n) is 22.2. The zero-order chi connectivity index (χ0) is 42.8. The Balaban J connectivity index is 0.989. The summed E-state index contributed by atoms with van der Waals surface area (Å²) < 4.78 is 9.13. The van der Waals surface area contributed by atoms with Crippen molar-refractivity contribution >= 4 is 82.4 Å². The molecule has 0 saturated heterocycles. The molecule has 0 bridgehead atoms. The van der Waals surface area contributed by atoms with Crippen LogP contribution < -0.4 is 4.90 Å². The minimum Gasteiger partial charge on any atom is -0.455 e. The second-order valence-electron chi connectivity index (χ2n) is 16.9. The Bertz CT molecular complexity index is 3940. The topological polar surface area (TPSA) is 21.3 Å². The molecule has 13 aromatic rings. The van der Waals surface area contributed by atoms with Crippen molar-refractivity contribution in [2.75, 3.05) is 4.90 Å². The average Bonchev–Trinajstić information content (AvgIpc) is 3.94. The molecule has 3 heteroatoms. The van der Waals surface area contributed by atoms with Crippen molar-refractivity contribution in [3.63, 3.8) is 0 Å². The van der Waals surface area contributed by atoms with Gasteiger partial charge in [0, 0.05) is 38.6 Å². The summed E-state index contributed by atoms with van der Waals surface area (Å²) >= 11 is 0. The van der Waals surface area contributed by atoms with Gasteiger partial charge in [-0.05, 0) is 122 Å². The predicted molar refractivity (Wildman–Crippen MR) is 274 cm³/mol. The molecule has 0 aliphatic rings. The highest BCUT2D eigenvalue weighted by Crippen LogP contribution is 2.47. The molecule has 11 aromatic carbocycles. The first-order chi connectivity index (χ1) is 32.2. The van der Waals surface area contributed by atoms with Crippen LogP contribution in [-0.2, 0) is 0 Å². The molecule has 13 rings (SSSR count). The van der Waals surface area contributed by atoms with E-state index in [1.54, 1.807) is 0 Å². The first kappa shape index (κ1) is 36.9. The van der Waals surface area contributed by atoms with Crippen LogP contribution >= 0.6 is 0 Å². The summed E-state index contributed by atoms with van der Waals surface area (Å²) in [5.74, 6) is 0. The Hall–Kier alpha value is -8.66. The maximum Gasteiger partial charge on any atom is 0.145 e. The molecule has 0 unspecified atom stereocenters. The third-order valence-electron chi connectivity index (χ3n) is 13.1. The molecule has 0 atom stereocenters. The van der Waals surface area contributed by atoms with Crippen LogP contribution in [0.5, 0.6) is 0 Å². The van der Waals surface area contributed by atoms with E-state index in [9.17, 15) is 0 Å². The fourth-order valence-corrected chi connectivity index (χ4v) is 10.1. The molecule has 0 radical (unpaired) electrons. The molecule has 0 spiro atoms. The van der Waals surface area contributed by atoms with E-state index in [4.69, 9.17) is 4.42 Å². The van der Waals surface area contributed by atoms with Crippen molar-refractivity contribution in [3.8, 4) is 39.1 Å². The largest absolute Gasteiger partial charge is 0.455 e.